The van der Waals surface area contributed by atoms with Crippen molar-refractivity contribution in [1.29, 1.82) is 0 Å². The summed E-state index contributed by atoms with van der Waals surface area (Å²) in [6.07, 6.45) is 5.07. The van der Waals surface area contributed by atoms with Gasteiger partial charge in [-0.2, -0.15) is 0 Å². The number of ether oxygens (including phenoxy) is 1. The summed E-state index contributed by atoms with van der Waals surface area (Å²) in [7, 11) is 1.71. The first kappa shape index (κ1) is 13.7. The van der Waals surface area contributed by atoms with Crippen LogP contribution in [0.3, 0.4) is 0 Å². The minimum Gasteiger partial charge on any atom is -0.496 e. The van der Waals surface area contributed by atoms with Crippen LogP contribution in [-0.4, -0.2) is 19.7 Å². The fraction of sp³-hybridized carbons (Fsp3) is 0.600. The average molecular weight is 268 g/mol. The number of benzene rings is 1. The molecule has 2 rings (SSSR count). The highest BCUT2D eigenvalue weighted by atomic mass is 35.5. The highest BCUT2D eigenvalue weighted by Gasteiger charge is 2.17. The van der Waals surface area contributed by atoms with E-state index in [4.69, 9.17) is 16.3 Å². The van der Waals surface area contributed by atoms with Gasteiger partial charge in [0.2, 0.25) is 0 Å². The monoisotopic (exact) mass is 267 g/mol. The van der Waals surface area contributed by atoms with Gasteiger partial charge >= 0.3 is 0 Å². The topological polar surface area (TPSA) is 21.3 Å². The first-order valence-electron chi connectivity index (χ1n) is 6.75. The van der Waals surface area contributed by atoms with E-state index in [0.29, 0.717) is 5.92 Å². The summed E-state index contributed by atoms with van der Waals surface area (Å²) < 4.78 is 5.38. The van der Waals surface area contributed by atoms with Crippen LogP contribution in [0, 0.1) is 5.92 Å². The molecule has 1 aromatic rings. The summed E-state index contributed by atoms with van der Waals surface area (Å²) in [5, 5.41) is 4.40. The minimum atomic E-state index is 0.595. The van der Waals surface area contributed by atoms with Crippen LogP contribution in [0.25, 0.3) is 0 Å². The lowest BCUT2D eigenvalue weighted by Crippen LogP contribution is -2.38. The Balaban J connectivity index is 1.88. The first-order chi connectivity index (χ1) is 8.69. The van der Waals surface area contributed by atoms with Crippen molar-refractivity contribution in [2.45, 2.75) is 38.6 Å². The molecule has 1 N–H and O–H groups in total. The van der Waals surface area contributed by atoms with Crippen molar-refractivity contribution in [2.24, 2.45) is 5.92 Å². The highest BCUT2D eigenvalue weighted by molar-refractivity contribution is 6.30. The third kappa shape index (κ3) is 3.63. The maximum Gasteiger partial charge on any atom is 0.122 e. The molecule has 0 bridgehead atoms. The van der Waals surface area contributed by atoms with Crippen molar-refractivity contribution in [3.63, 3.8) is 0 Å². The van der Waals surface area contributed by atoms with Gasteiger partial charge in [0.05, 0.1) is 7.11 Å². The second kappa shape index (κ2) is 6.44. The third-order valence-corrected chi connectivity index (χ3v) is 3.91. The Morgan fingerprint density at radius 3 is 2.83 bits per heavy atom. The molecule has 18 heavy (non-hydrogen) atoms. The van der Waals surface area contributed by atoms with Gasteiger partial charge in [0.25, 0.3) is 0 Å². The molecule has 2 nitrogen and oxygen atoms in total. The Labute approximate surface area is 115 Å². The van der Waals surface area contributed by atoms with Crippen molar-refractivity contribution in [3.8, 4) is 5.75 Å². The molecule has 1 aliphatic carbocycles. The molecule has 1 saturated carbocycles. The normalized spacial score (nSPS) is 17.3. The molecular formula is C15H22ClNO. The second-order valence-corrected chi connectivity index (χ2v) is 5.74. The van der Waals surface area contributed by atoms with Crippen molar-refractivity contribution in [2.75, 3.05) is 13.7 Å². The molecule has 3 heteroatoms. The number of hydrogen-bond donors (Lipinski definition) is 1. The van der Waals surface area contributed by atoms with Gasteiger partial charge in [0, 0.05) is 11.1 Å². The molecule has 0 saturated heterocycles. The lowest BCUT2D eigenvalue weighted by molar-refractivity contribution is 0.319. The van der Waals surface area contributed by atoms with E-state index >= 15 is 0 Å². The quantitative estimate of drug-likeness (QED) is 0.849. The van der Waals surface area contributed by atoms with E-state index in [1.54, 1.807) is 7.11 Å². The largest absolute Gasteiger partial charge is 0.496 e. The molecule has 0 spiro atoms. The van der Waals surface area contributed by atoms with E-state index in [1.807, 2.05) is 18.2 Å². The summed E-state index contributed by atoms with van der Waals surface area (Å²) in [5.41, 5.74) is 1.20. The minimum absolute atomic E-state index is 0.595. The summed E-state index contributed by atoms with van der Waals surface area (Å²) in [6, 6.07) is 6.60. The van der Waals surface area contributed by atoms with Crippen molar-refractivity contribution >= 4 is 11.6 Å². The summed E-state index contributed by atoms with van der Waals surface area (Å²) in [4.78, 5) is 0. The Morgan fingerprint density at radius 2 is 2.22 bits per heavy atom. The van der Waals surface area contributed by atoms with Crippen LogP contribution in [0.5, 0.6) is 5.75 Å². The summed E-state index contributed by atoms with van der Waals surface area (Å²) >= 11 is 6.05. The van der Waals surface area contributed by atoms with Crippen LogP contribution in [0.4, 0.5) is 0 Å². The number of halogens is 1. The van der Waals surface area contributed by atoms with E-state index < -0.39 is 0 Å². The van der Waals surface area contributed by atoms with E-state index in [9.17, 15) is 0 Å². The molecule has 0 radical (unpaired) electrons. The number of nitrogens with one attached hydrogen (secondary N) is 1. The number of methoxy groups -OCH3 is 1. The van der Waals surface area contributed by atoms with Gasteiger partial charge in [-0.15, -0.1) is 0 Å². The zero-order valence-electron chi connectivity index (χ0n) is 11.2. The van der Waals surface area contributed by atoms with Gasteiger partial charge < -0.3 is 10.1 Å². The Bertz CT molecular complexity index is 390. The third-order valence-electron chi connectivity index (χ3n) is 3.67. The molecule has 1 aromatic carbocycles. The van der Waals surface area contributed by atoms with Gasteiger partial charge in [0.1, 0.15) is 5.75 Å². The predicted molar refractivity (Wildman–Crippen MR) is 76.5 cm³/mol. The van der Waals surface area contributed by atoms with Crippen LogP contribution < -0.4 is 10.1 Å². The highest BCUT2D eigenvalue weighted by Crippen LogP contribution is 2.25. The van der Waals surface area contributed by atoms with Gasteiger partial charge in [-0.3, -0.25) is 0 Å². The second-order valence-electron chi connectivity index (χ2n) is 5.30. The smallest absolute Gasteiger partial charge is 0.122 e. The van der Waals surface area contributed by atoms with Gasteiger partial charge in [-0.25, -0.2) is 0 Å². The molecule has 1 atom stereocenters. The maximum absolute atomic E-state index is 6.05. The van der Waals surface area contributed by atoms with E-state index in [2.05, 4.69) is 12.2 Å². The molecule has 0 aromatic heterocycles. The van der Waals surface area contributed by atoms with E-state index in [1.165, 1.54) is 24.8 Å². The van der Waals surface area contributed by atoms with E-state index in [0.717, 1.165) is 29.8 Å². The summed E-state index contributed by atoms with van der Waals surface area (Å²) in [6.45, 7) is 3.34. The summed E-state index contributed by atoms with van der Waals surface area (Å²) in [5.74, 6) is 1.54. The molecule has 0 heterocycles. The predicted octanol–water partition coefficient (Wildman–Crippen LogP) is 3.67. The zero-order valence-corrected chi connectivity index (χ0v) is 12.0. The fourth-order valence-electron chi connectivity index (χ4n) is 2.33. The zero-order chi connectivity index (χ0) is 13.0. The first-order valence-corrected chi connectivity index (χ1v) is 7.12. The van der Waals surface area contributed by atoms with Crippen molar-refractivity contribution < 1.29 is 4.74 Å². The van der Waals surface area contributed by atoms with Gasteiger partial charge in [-0.05, 0) is 55.5 Å². The van der Waals surface area contributed by atoms with Gasteiger partial charge in [-0.1, -0.05) is 24.9 Å². The number of rotatable bonds is 6. The SMILES string of the molecule is COc1ccc(Cl)cc1CC(C)CNC1CCC1. The molecular weight excluding hydrogens is 246 g/mol. The van der Waals surface area contributed by atoms with Crippen LogP contribution in [-0.2, 0) is 6.42 Å². The van der Waals surface area contributed by atoms with Crippen LogP contribution in [0.1, 0.15) is 31.7 Å². The number of hydrogen-bond acceptors (Lipinski definition) is 2. The van der Waals surface area contributed by atoms with Crippen LogP contribution in [0.2, 0.25) is 5.02 Å². The van der Waals surface area contributed by atoms with Gasteiger partial charge in [0.15, 0.2) is 0 Å². The lowest BCUT2D eigenvalue weighted by atomic mass is 9.92. The molecule has 0 amide bonds. The van der Waals surface area contributed by atoms with E-state index in [-0.39, 0.29) is 0 Å². The molecule has 1 aliphatic rings. The average Bonchev–Trinajstić information content (AvgIpc) is 2.27. The molecule has 1 fully saturated rings. The standard InChI is InChI=1S/C15H22ClNO/c1-11(10-17-14-4-3-5-14)8-12-9-13(16)6-7-15(12)18-2/h6-7,9,11,14,17H,3-5,8,10H2,1-2H3. The molecule has 1 unspecified atom stereocenters. The Kier molecular flexibility index (Phi) is 4.90. The van der Waals surface area contributed by atoms with Crippen molar-refractivity contribution in [3.05, 3.63) is 28.8 Å². The fourth-order valence-corrected chi connectivity index (χ4v) is 2.53. The lowest BCUT2D eigenvalue weighted by Gasteiger charge is -2.28. The molecule has 100 valence electrons. The van der Waals surface area contributed by atoms with Crippen molar-refractivity contribution in [1.82, 2.24) is 5.32 Å². The maximum atomic E-state index is 6.05. The van der Waals surface area contributed by atoms with Crippen LogP contribution >= 0.6 is 11.6 Å². The Morgan fingerprint density at radius 1 is 1.44 bits per heavy atom. The van der Waals surface area contributed by atoms with Crippen LogP contribution in [0.15, 0.2) is 18.2 Å². The molecule has 0 aliphatic heterocycles. The Hall–Kier alpha value is -0.730.